The van der Waals surface area contributed by atoms with Crippen molar-refractivity contribution in [2.45, 2.75) is 36.7 Å². The maximum Gasteiger partial charge on any atom is 0.243 e. The first-order valence-corrected chi connectivity index (χ1v) is 8.53. The summed E-state index contributed by atoms with van der Waals surface area (Å²) in [4.78, 5) is -0.434. The number of methoxy groups -OCH3 is 2. The zero-order chi connectivity index (χ0) is 16.3. The van der Waals surface area contributed by atoms with Crippen molar-refractivity contribution >= 4 is 22.4 Å². The van der Waals surface area contributed by atoms with Gasteiger partial charge >= 0.3 is 0 Å². The van der Waals surface area contributed by atoms with Crippen molar-refractivity contribution in [1.29, 1.82) is 0 Å². The van der Waals surface area contributed by atoms with Gasteiger partial charge in [-0.2, -0.15) is 0 Å². The highest BCUT2D eigenvalue weighted by molar-refractivity contribution is 7.89. The van der Waals surface area contributed by atoms with E-state index in [4.69, 9.17) is 9.47 Å². The average Bonchev–Trinajstić information content (AvgIpc) is 2.46. The van der Waals surface area contributed by atoms with Crippen LogP contribution >= 0.6 is 12.4 Å². The van der Waals surface area contributed by atoms with Crippen LogP contribution in [0, 0.1) is 5.82 Å². The molecule has 1 aromatic carbocycles. The third-order valence-electron chi connectivity index (χ3n) is 3.67. The van der Waals surface area contributed by atoms with E-state index in [9.17, 15) is 12.8 Å². The molecular weight excluding hydrogens is 347 g/mol. The third kappa shape index (κ3) is 4.69. The lowest BCUT2D eigenvalue weighted by Crippen LogP contribution is -2.46. The minimum absolute atomic E-state index is 0. The second kappa shape index (κ2) is 8.14. The van der Waals surface area contributed by atoms with Gasteiger partial charge in [-0.25, -0.2) is 17.5 Å². The Hall–Kier alpha value is -1.09. The molecule has 0 amide bonds. The molecule has 1 aliphatic rings. The molecule has 0 radical (unpaired) electrons. The number of sulfonamides is 1. The quantitative estimate of drug-likeness (QED) is 0.827. The van der Waals surface area contributed by atoms with Gasteiger partial charge in [0.05, 0.1) is 14.2 Å². The van der Waals surface area contributed by atoms with Gasteiger partial charge in [-0.15, -0.1) is 12.4 Å². The molecule has 0 saturated carbocycles. The van der Waals surface area contributed by atoms with Crippen LogP contribution in [0.1, 0.15) is 19.8 Å². The van der Waals surface area contributed by atoms with Crippen LogP contribution in [0.25, 0.3) is 0 Å². The Morgan fingerprint density at radius 2 is 1.87 bits per heavy atom. The molecule has 0 spiro atoms. The van der Waals surface area contributed by atoms with Crippen LogP contribution in [0.15, 0.2) is 17.0 Å². The summed E-state index contributed by atoms with van der Waals surface area (Å²) in [7, 11) is -1.23. The first kappa shape index (κ1) is 20.0. The zero-order valence-corrected chi connectivity index (χ0v) is 14.9. The van der Waals surface area contributed by atoms with E-state index in [0.717, 1.165) is 18.7 Å². The first-order valence-electron chi connectivity index (χ1n) is 7.04. The van der Waals surface area contributed by atoms with Crippen molar-refractivity contribution in [3.8, 4) is 11.5 Å². The maximum atomic E-state index is 14.1. The van der Waals surface area contributed by atoms with Gasteiger partial charge < -0.3 is 14.8 Å². The van der Waals surface area contributed by atoms with Gasteiger partial charge in [-0.3, -0.25) is 0 Å². The summed E-state index contributed by atoms with van der Waals surface area (Å²) in [6.45, 7) is 2.71. The standard InChI is InChI=1S/C14H21FN2O4S.ClH/c1-9-6-10(4-5-16-9)17-22(18,19)14-8-13(21-3)12(20-2)7-11(14)15;/h7-10,16-17H,4-6H2,1-3H3;1H. The fourth-order valence-electron chi connectivity index (χ4n) is 2.56. The molecule has 2 unspecified atom stereocenters. The molecule has 0 bridgehead atoms. The van der Waals surface area contributed by atoms with Crippen LogP contribution in [-0.2, 0) is 10.0 Å². The largest absolute Gasteiger partial charge is 0.493 e. The molecule has 1 heterocycles. The smallest absolute Gasteiger partial charge is 0.243 e. The highest BCUT2D eigenvalue weighted by Gasteiger charge is 2.27. The Morgan fingerprint density at radius 3 is 2.43 bits per heavy atom. The van der Waals surface area contributed by atoms with Crippen LogP contribution in [0.2, 0.25) is 0 Å². The molecule has 23 heavy (non-hydrogen) atoms. The van der Waals surface area contributed by atoms with Crippen molar-refractivity contribution in [3.05, 3.63) is 17.9 Å². The topological polar surface area (TPSA) is 76.7 Å². The molecule has 6 nitrogen and oxygen atoms in total. The molecular formula is C14H22ClFN2O4S. The van der Waals surface area contributed by atoms with Crippen LogP contribution in [0.3, 0.4) is 0 Å². The SMILES string of the molecule is COc1cc(F)c(S(=O)(=O)NC2CCNC(C)C2)cc1OC.Cl. The lowest BCUT2D eigenvalue weighted by Gasteiger charge is -2.28. The summed E-state index contributed by atoms with van der Waals surface area (Å²) in [6, 6.07) is 2.16. The minimum Gasteiger partial charge on any atom is -0.493 e. The number of hydrogen-bond acceptors (Lipinski definition) is 5. The highest BCUT2D eigenvalue weighted by atomic mass is 35.5. The normalized spacial score (nSPS) is 21.4. The Balaban J connectivity index is 0.00000264. The Bertz CT molecular complexity index is 642. The molecule has 0 aromatic heterocycles. The predicted octanol–water partition coefficient (Wildman–Crippen LogP) is 1.68. The van der Waals surface area contributed by atoms with Gasteiger partial charge in [-0.05, 0) is 26.3 Å². The van der Waals surface area contributed by atoms with Crippen molar-refractivity contribution in [2.75, 3.05) is 20.8 Å². The van der Waals surface area contributed by atoms with Gasteiger partial charge in [0, 0.05) is 24.2 Å². The third-order valence-corrected chi connectivity index (χ3v) is 5.21. The molecule has 132 valence electrons. The van der Waals surface area contributed by atoms with Crippen LogP contribution in [0.4, 0.5) is 4.39 Å². The summed E-state index contributed by atoms with van der Waals surface area (Å²) in [5, 5.41) is 3.24. The van der Waals surface area contributed by atoms with E-state index in [1.807, 2.05) is 6.92 Å². The average molecular weight is 369 g/mol. The molecule has 1 aliphatic heterocycles. The molecule has 2 atom stereocenters. The Kier molecular flexibility index (Phi) is 7.06. The lowest BCUT2D eigenvalue weighted by molar-refractivity contribution is 0.349. The van der Waals surface area contributed by atoms with Gasteiger partial charge in [-0.1, -0.05) is 0 Å². The molecule has 9 heteroatoms. The van der Waals surface area contributed by atoms with Gasteiger partial charge in [0.25, 0.3) is 0 Å². The van der Waals surface area contributed by atoms with Crippen LogP contribution in [0.5, 0.6) is 11.5 Å². The molecule has 2 N–H and O–H groups in total. The summed E-state index contributed by atoms with van der Waals surface area (Å²) >= 11 is 0. The molecule has 1 aromatic rings. The number of ether oxygens (including phenoxy) is 2. The van der Waals surface area contributed by atoms with Crippen LogP contribution < -0.4 is 19.5 Å². The van der Waals surface area contributed by atoms with E-state index >= 15 is 0 Å². The summed E-state index contributed by atoms with van der Waals surface area (Å²) in [6.07, 6.45) is 1.33. The summed E-state index contributed by atoms with van der Waals surface area (Å²) < 4.78 is 51.5. The van der Waals surface area contributed by atoms with E-state index < -0.39 is 20.7 Å². The van der Waals surface area contributed by atoms with Gasteiger partial charge in [0.2, 0.25) is 10.0 Å². The predicted molar refractivity (Wildman–Crippen MR) is 87.6 cm³/mol. The number of benzene rings is 1. The van der Waals surface area contributed by atoms with E-state index in [0.29, 0.717) is 12.8 Å². The zero-order valence-electron chi connectivity index (χ0n) is 13.3. The Labute approximate surface area is 142 Å². The summed E-state index contributed by atoms with van der Waals surface area (Å²) in [5.74, 6) is -0.551. The highest BCUT2D eigenvalue weighted by Crippen LogP contribution is 2.32. The maximum absolute atomic E-state index is 14.1. The molecule has 1 fully saturated rings. The molecule has 1 saturated heterocycles. The Morgan fingerprint density at radius 1 is 1.26 bits per heavy atom. The van der Waals surface area contributed by atoms with Crippen molar-refractivity contribution < 1.29 is 22.3 Å². The van der Waals surface area contributed by atoms with Gasteiger partial charge in [0.15, 0.2) is 11.5 Å². The number of halogens is 2. The number of rotatable bonds is 5. The van der Waals surface area contributed by atoms with Crippen LogP contribution in [-0.4, -0.2) is 41.3 Å². The monoisotopic (exact) mass is 368 g/mol. The number of nitrogens with one attached hydrogen (secondary N) is 2. The minimum atomic E-state index is -3.96. The van der Waals surface area contributed by atoms with E-state index in [2.05, 4.69) is 10.0 Å². The lowest BCUT2D eigenvalue weighted by atomic mass is 10.0. The van der Waals surface area contributed by atoms with E-state index in [1.54, 1.807) is 0 Å². The van der Waals surface area contributed by atoms with E-state index in [-0.39, 0.29) is 36.0 Å². The molecule has 2 rings (SSSR count). The van der Waals surface area contributed by atoms with Crippen molar-refractivity contribution in [3.63, 3.8) is 0 Å². The molecule has 0 aliphatic carbocycles. The fourth-order valence-corrected chi connectivity index (χ4v) is 3.92. The van der Waals surface area contributed by atoms with Gasteiger partial charge in [0.1, 0.15) is 10.7 Å². The first-order chi connectivity index (χ1) is 10.4. The second-order valence-electron chi connectivity index (χ2n) is 5.34. The second-order valence-corrected chi connectivity index (χ2v) is 7.02. The van der Waals surface area contributed by atoms with Crippen molar-refractivity contribution in [1.82, 2.24) is 10.0 Å². The fraction of sp³-hybridized carbons (Fsp3) is 0.571. The summed E-state index contributed by atoms with van der Waals surface area (Å²) in [5.41, 5.74) is 0. The van der Waals surface area contributed by atoms with E-state index in [1.165, 1.54) is 14.2 Å². The number of hydrogen-bond donors (Lipinski definition) is 2. The van der Waals surface area contributed by atoms with Crippen molar-refractivity contribution in [2.24, 2.45) is 0 Å². The number of piperidine rings is 1.